The van der Waals surface area contributed by atoms with E-state index in [1.807, 2.05) is 36.1 Å². The molecule has 3 rings (SSSR count). The monoisotopic (exact) mass is 294 g/mol. The summed E-state index contributed by atoms with van der Waals surface area (Å²) in [5, 5.41) is 3.30. The zero-order valence-electron chi connectivity index (χ0n) is 12.6. The Bertz CT molecular complexity index is 466. The molecule has 0 aromatic heterocycles. The topological polar surface area (TPSA) is 15.3 Å². The largest absolute Gasteiger partial charge is 0.317 e. The van der Waals surface area contributed by atoms with Crippen LogP contribution in [0.3, 0.4) is 0 Å². The van der Waals surface area contributed by atoms with Gasteiger partial charge in [0.1, 0.15) is 0 Å². The molecule has 0 amide bonds. The summed E-state index contributed by atoms with van der Waals surface area (Å²) in [7, 11) is 0. The Morgan fingerprint density at radius 3 is 2.38 bits per heavy atom. The lowest BCUT2D eigenvalue weighted by molar-refractivity contribution is -0.0951. The lowest BCUT2D eigenvalue weighted by Crippen LogP contribution is -2.53. The smallest absolute Gasteiger partial charge is 0.267 e. The van der Waals surface area contributed by atoms with Gasteiger partial charge in [-0.25, -0.2) is 8.78 Å². The maximum absolute atomic E-state index is 14.6. The van der Waals surface area contributed by atoms with Gasteiger partial charge in [-0.1, -0.05) is 29.8 Å². The van der Waals surface area contributed by atoms with Crippen molar-refractivity contribution in [3.05, 3.63) is 35.4 Å². The number of piperidine rings is 2. The molecule has 0 spiro atoms. The zero-order valence-corrected chi connectivity index (χ0v) is 12.6. The lowest BCUT2D eigenvalue weighted by Gasteiger charge is -2.43. The van der Waals surface area contributed by atoms with E-state index in [0.717, 1.165) is 43.6 Å². The van der Waals surface area contributed by atoms with Crippen LogP contribution in [-0.4, -0.2) is 43.0 Å². The fourth-order valence-electron chi connectivity index (χ4n) is 3.66. The van der Waals surface area contributed by atoms with Crippen molar-refractivity contribution in [2.75, 3.05) is 26.2 Å². The Balaban J connectivity index is 1.71. The molecule has 0 bridgehead atoms. The van der Waals surface area contributed by atoms with E-state index in [-0.39, 0.29) is 6.54 Å². The van der Waals surface area contributed by atoms with Gasteiger partial charge in [0.25, 0.3) is 5.92 Å². The van der Waals surface area contributed by atoms with E-state index in [2.05, 4.69) is 5.32 Å². The molecule has 1 aromatic rings. The summed E-state index contributed by atoms with van der Waals surface area (Å²) in [6.07, 6.45) is 2.54. The molecule has 21 heavy (non-hydrogen) atoms. The van der Waals surface area contributed by atoms with Crippen LogP contribution < -0.4 is 5.32 Å². The molecular formula is C17H24F2N2. The van der Waals surface area contributed by atoms with Crippen molar-refractivity contribution in [3.8, 4) is 0 Å². The molecule has 4 heteroatoms. The Morgan fingerprint density at radius 2 is 1.76 bits per heavy atom. The summed E-state index contributed by atoms with van der Waals surface area (Å²) in [5.74, 6) is -3.26. The fraction of sp³-hybridized carbons (Fsp3) is 0.647. The zero-order chi connectivity index (χ0) is 14.9. The van der Waals surface area contributed by atoms with Crippen LogP contribution in [0.15, 0.2) is 24.3 Å². The molecule has 2 aliphatic heterocycles. The van der Waals surface area contributed by atoms with Crippen molar-refractivity contribution >= 4 is 0 Å². The number of halogens is 2. The second-order valence-electron chi connectivity index (χ2n) is 6.46. The second-order valence-corrected chi connectivity index (χ2v) is 6.46. The molecule has 0 saturated carbocycles. The molecule has 1 aromatic carbocycles. The first-order chi connectivity index (χ1) is 10.1. The summed E-state index contributed by atoms with van der Waals surface area (Å²) < 4.78 is 29.2. The third-order valence-electron chi connectivity index (χ3n) is 4.93. The van der Waals surface area contributed by atoms with Gasteiger partial charge < -0.3 is 5.32 Å². The van der Waals surface area contributed by atoms with Crippen LogP contribution in [0.1, 0.15) is 36.3 Å². The number of rotatable bonds is 2. The molecule has 2 saturated heterocycles. The highest BCUT2D eigenvalue weighted by Crippen LogP contribution is 2.41. The minimum Gasteiger partial charge on any atom is -0.317 e. The maximum atomic E-state index is 14.6. The normalized spacial score (nSPS) is 27.7. The Morgan fingerprint density at radius 1 is 1.10 bits per heavy atom. The third-order valence-corrected chi connectivity index (χ3v) is 4.93. The molecule has 116 valence electrons. The SMILES string of the molecule is Cc1ccc(C2CCN(C3CCNCC3)CC2(F)F)cc1. The van der Waals surface area contributed by atoms with Gasteiger partial charge in [0, 0.05) is 6.04 Å². The van der Waals surface area contributed by atoms with Crippen LogP contribution in [0.2, 0.25) is 0 Å². The predicted octanol–water partition coefficient (Wildman–Crippen LogP) is 3.17. The van der Waals surface area contributed by atoms with Crippen LogP contribution in [0.4, 0.5) is 8.78 Å². The summed E-state index contributed by atoms with van der Waals surface area (Å²) in [5.41, 5.74) is 1.91. The van der Waals surface area contributed by atoms with Crippen molar-refractivity contribution in [2.45, 2.75) is 44.1 Å². The van der Waals surface area contributed by atoms with Crippen molar-refractivity contribution in [1.82, 2.24) is 10.2 Å². The van der Waals surface area contributed by atoms with Crippen molar-refractivity contribution in [2.24, 2.45) is 0 Å². The first-order valence-corrected chi connectivity index (χ1v) is 7.95. The van der Waals surface area contributed by atoms with Crippen molar-refractivity contribution in [1.29, 1.82) is 0 Å². The van der Waals surface area contributed by atoms with Gasteiger partial charge in [-0.2, -0.15) is 0 Å². The Hall–Kier alpha value is -1.00. The van der Waals surface area contributed by atoms with Gasteiger partial charge in [-0.05, 0) is 51.4 Å². The average molecular weight is 294 g/mol. The van der Waals surface area contributed by atoms with Gasteiger partial charge in [0.15, 0.2) is 0 Å². The molecule has 2 fully saturated rings. The van der Waals surface area contributed by atoms with E-state index in [1.54, 1.807) is 0 Å². The summed E-state index contributed by atoms with van der Waals surface area (Å²) in [6.45, 7) is 4.60. The van der Waals surface area contributed by atoms with Crippen molar-refractivity contribution < 1.29 is 8.78 Å². The first kappa shape index (κ1) is 14.9. The van der Waals surface area contributed by atoms with Crippen LogP contribution in [0, 0.1) is 6.92 Å². The van der Waals surface area contributed by atoms with Gasteiger partial charge in [0.05, 0.1) is 12.5 Å². The fourth-order valence-corrected chi connectivity index (χ4v) is 3.66. The Kier molecular flexibility index (Phi) is 4.27. The van der Waals surface area contributed by atoms with Crippen LogP contribution >= 0.6 is 0 Å². The van der Waals surface area contributed by atoms with Gasteiger partial charge >= 0.3 is 0 Å². The number of alkyl halides is 2. The molecule has 0 radical (unpaired) electrons. The second kappa shape index (κ2) is 6.01. The third kappa shape index (κ3) is 3.27. The number of nitrogens with zero attached hydrogens (tertiary/aromatic N) is 1. The standard InChI is InChI=1S/C17H24F2N2/c1-13-2-4-14(5-3-13)16-8-11-21(12-17(16,18)19)15-6-9-20-10-7-15/h2-5,15-16,20H,6-12H2,1H3. The molecule has 1 atom stereocenters. The minimum absolute atomic E-state index is 0.0871. The lowest BCUT2D eigenvalue weighted by atomic mass is 9.85. The number of nitrogens with one attached hydrogen (secondary N) is 1. The maximum Gasteiger partial charge on any atom is 0.267 e. The average Bonchev–Trinajstić information content (AvgIpc) is 2.48. The highest BCUT2D eigenvalue weighted by atomic mass is 19.3. The first-order valence-electron chi connectivity index (χ1n) is 7.95. The van der Waals surface area contributed by atoms with E-state index >= 15 is 0 Å². The molecular weight excluding hydrogens is 270 g/mol. The van der Waals surface area contributed by atoms with Crippen molar-refractivity contribution in [3.63, 3.8) is 0 Å². The van der Waals surface area contributed by atoms with Gasteiger partial charge in [-0.15, -0.1) is 0 Å². The quantitative estimate of drug-likeness (QED) is 0.901. The van der Waals surface area contributed by atoms with Crippen LogP contribution in [-0.2, 0) is 0 Å². The van der Waals surface area contributed by atoms with Crippen LogP contribution in [0.25, 0.3) is 0 Å². The van der Waals surface area contributed by atoms with E-state index in [9.17, 15) is 8.78 Å². The van der Waals surface area contributed by atoms with E-state index in [0.29, 0.717) is 12.5 Å². The van der Waals surface area contributed by atoms with E-state index < -0.39 is 11.8 Å². The number of hydrogen-bond acceptors (Lipinski definition) is 2. The summed E-state index contributed by atoms with van der Waals surface area (Å²) in [6, 6.07) is 7.94. The number of likely N-dealkylation sites (tertiary alicyclic amines) is 1. The van der Waals surface area contributed by atoms with E-state index in [4.69, 9.17) is 0 Å². The van der Waals surface area contributed by atoms with E-state index in [1.165, 1.54) is 0 Å². The molecule has 2 aliphatic rings. The predicted molar refractivity (Wildman–Crippen MR) is 80.9 cm³/mol. The molecule has 2 heterocycles. The summed E-state index contributed by atoms with van der Waals surface area (Å²) in [4.78, 5) is 2.02. The highest BCUT2D eigenvalue weighted by molar-refractivity contribution is 5.27. The van der Waals surface area contributed by atoms with Gasteiger partial charge in [-0.3, -0.25) is 4.90 Å². The number of hydrogen-bond donors (Lipinski definition) is 1. The molecule has 2 nitrogen and oxygen atoms in total. The Labute approximate surface area is 125 Å². The van der Waals surface area contributed by atoms with Crippen LogP contribution in [0.5, 0.6) is 0 Å². The number of benzene rings is 1. The molecule has 0 aliphatic carbocycles. The molecule has 1 N–H and O–H groups in total. The molecule has 1 unspecified atom stereocenters. The van der Waals surface area contributed by atoms with Gasteiger partial charge in [0.2, 0.25) is 0 Å². The summed E-state index contributed by atoms with van der Waals surface area (Å²) >= 11 is 0. The minimum atomic E-state index is -2.63. The highest BCUT2D eigenvalue weighted by Gasteiger charge is 2.46. The number of aryl methyl sites for hydroxylation is 1.